The highest BCUT2D eigenvalue weighted by molar-refractivity contribution is 7.99. The van der Waals surface area contributed by atoms with Crippen molar-refractivity contribution in [3.05, 3.63) is 42.5 Å². The fraction of sp³-hybridized carbons (Fsp3) is 0. The van der Waals surface area contributed by atoms with Crippen LogP contribution in [0.4, 0.5) is 17.1 Å². The monoisotopic (exact) mass is 231 g/mol. The molecule has 0 unspecified atom stereocenters. The van der Waals surface area contributed by atoms with Crippen molar-refractivity contribution in [1.29, 1.82) is 0 Å². The van der Waals surface area contributed by atoms with Gasteiger partial charge in [-0.1, -0.05) is 30.0 Å². The molecule has 0 heterocycles. The van der Waals surface area contributed by atoms with Crippen molar-refractivity contribution in [3.63, 3.8) is 0 Å². The van der Waals surface area contributed by atoms with Crippen LogP contribution in [-0.2, 0) is 0 Å². The summed E-state index contributed by atoms with van der Waals surface area (Å²) in [6.07, 6.45) is 0. The zero-order chi connectivity index (χ0) is 11.5. The molecule has 0 aliphatic rings. The van der Waals surface area contributed by atoms with E-state index < -0.39 is 0 Å². The first-order valence-corrected chi connectivity index (χ1v) is 5.66. The van der Waals surface area contributed by atoms with Crippen LogP contribution in [0, 0.1) is 0 Å². The van der Waals surface area contributed by atoms with Gasteiger partial charge in [-0.3, -0.25) is 0 Å². The Morgan fingerprint density at radius 2 is 1.56 bits per heavy atom. The standard InChI is InChI=1S/C12H13N3S/c13-8-6-10(14)12(15)11(7-8)16-9-4-2-1-3-5-9/h1-7H,13-15H2. The summed E-state index contributed by atoms with van der Waals surface area (Å²) < 4.78 is 0. The van der Waals surface area contributed by atoms with Crippen LogP contribution in [0.25, 0.3) is 0 Å². The maximum atomic E-state index is 5.90. The van der Waals surface area contributed by atoms with Crippen LogP contribution >= 0.6 is 11.8 Å². The molecule has 4 heteroatoms. The number of hydrogen-bond donors (Lipinski definition) is 3. The summed E-state index contributed by atoms with van der Waals surface area (Å²) in [6.45, 7) is 0. The number of hydrogen-bond acceptors (Lipinski definition) is 4. The number of nitrogen functional groups attached to an aromatic ring is 3. The predicted molar refractivity (Wildman–Crippen MR) is 70.2 cm³/mol. The normalized spacial score (nSPS) is 10.2. The molecule has 0 saturated carbocycles. The van der Waals surface area contributed by atoms with Crippen molar-refractivity contribution < 1.29 is 0 Å². The first kappa shape index (κ1) is 10.7. The van der Waals surface area contributed by atoms with Gasteiger partial charge in [-0.05, 0) is 24.3 Å². The highest BCUT2D eigenvalue weighted by Crippen LogP contribution is 2.36. The van der Waals surface area contributed by atoms with Crippen molar-refractivity contribution in [1.82, 2.24) is 0 Å². The Kier molecular flexibility index (Phi) is 2.92. The van der Waals surface area contributed by atoms with Crippen molar-refractivity contribution in [2.75, 3.05) is 17.2 Å². The molecule has 0 radical (unpaired) electrons. The van der Waals surface area contributed by atoms with Gasteiger partial charge in [-0.2, -0.15) is 0 Å². The first-order chi connectivity index (χ1) is 7.66. The predicted octanol–water partition coefficient (Wildman–Crippen LogP) is 2.58. The molecule has 0 fully saturated rings. The van der Waals surface area contributed by atoms with Gasteiger partial charge in [0.2, 0.25) is 0 Å². The first-order valence-electron chi connectivity index (χ1n) is 4.84. The van der Waals surface area contributed by atoms with Crippen molar-refractivity contribution in [3.8, 4) is 0 Å². The largest absolute Gasteiger partial charge is 0.399 e. The van der Waals surface area contributed by atoms with Gasteiger partial charge in [-0.15, -0.1) is 0 Å². The van der Waals surface area contributed by atoms with Crippen molar-refractivity contribution >= 4 is 28.8 Å². The Bertz CT molecular complexity index is 497. The Hall–Kier alpha value is -1.81. The lowest BCUT2D eigenvalue weighted by atomic mass is 10.2. The molecule has 2 aromatic carbocycles. The molecule has 0 atom stereocenters. The quantitative estimate of drug-likeness (QED) is 0.694. The molecule has 0 aliphatic heterocycles. The summed E-state index contributed by atoms with van der Waals surface area (Å²) in [5.41, 5.74) is 19.1. The number of nitrogens with two attached hydrogens (primary N) is 3. The second-order valence-electron chi connectivity index (χ2n) is 3.44. The van der Waals surface area contributed by atoms with E-state index in [4.69, 9.17) is 17.2 Å². The van der Waals surface area contributed by atoms with E-state index in [1.807, 2.05) is 36.4 Å². The SMILES string of the molecule is Nc1cc(N)c(N)c(Sc2ccccc2)c1. The summed E-state index contributed by atoms with van der Waals surface area (Å²) in [6, 6.07) is 13.5. The summed E-state index contributed by atoms with van der Waals surface area (Å²) in [4.78, 5) is 2.00. The highest BCUT2D eigenvalue weighted by atomic mass is 32.2. The second-order valence-corrected chi connectivity index (χ2v) is 4.55. The average molecular weight is 231 g/mol. The van der Waals surface area contributed by atoms with Gasteiger partial charge < -0.3 is 17.2 Å². The molecular formula is C12H13N3S. The summed E-state index contributed by atoms with van der Waals surface area (Å²) in [5.74, 6) is 0. The Morgan fingerprint density at radius 3 is 2.25 bits per heavy atom. The third-order valence-corrected chi connectivity index (χ3v) is 3.23. The van der Waals surface area contributed by atoms with Gasteiger partial charge in [0.05, 0.1) is 11.4 Å². The molecule has 82 valence electrons. The van der Waals surface area contributed by atoms with Gasteiger partial charge in [0.25, 0.3) is 0 Å². The topological polar surface area (TPSA) is 78.1 Å². The third kappa shape index (κ3) is 2.23. The van der Waals surface area contributed by atoms with Crippen LogP contribution in [0.5, 0.6) is 0 Å². The lowest BCUT2D eigenvalue weighted by molar-refractivity contribution is 1.41. The fourth-order valence-electron chi connectivity index (χ4n) is 1.37. The minimum Gasteiger partial charge on any atom is -0.399 e. The zero-order valence-electron chi connectivity index (χ0n) is 8.68. The van der Waals surface area contributed by atoms with Crippen LogP contribution in [0.3, 0.4) is 0 Å². The summed E-state index contributed by atoms with van der Waals surface area (Å²) in [5, 5.41) is 0. The average Bonchev–Trinajstić information content (AvgIpc) is 2.27. The molecule has 0 spiro atoms. The van der Waals surface area contributed by atoms with Crippen molar-refractivity contribution in [2.45, 2.75) is 9.79 Å². The minimum absolute atomic E-state index is 0.526. The van der Waals surface area contributed by atoms with Crippen LogP contribution in [-0.4, -0.2) is 0 Å². The molecule has 0 bridgehead atoms. The molecule has 0 amide bonds. The molecule has 0 saturated heterocycles. The molecule has 0 aliphatic carbocycles. The van der Waals surface area contributed by atoms with E-state index in [1.54, 1.807) is 17.8 Å². The van der Waals surface area contributed by atoms with E-state index in [-0.39, 0.29) is 0 Å². The maximum absolute atomic E-state index is 5.90. The molecule has 16 heavy (non-hydrogen) atoms. The van der Waals surface area contributed by atoms with Gasteiger partial charge in [0.15, 0.2) is 0 Å². The Balaban J connectivity index is 2.35. The molecule has 6 N–H and O–H groups in total. The molecular weight excluding hydrogens is 218 g/mol. The minimum atomic E-state index is 0.526. The second kappa shape index (κ2) is 4.37. The number of rotatable bonds is 2. The van der Waals surface area contributed by atoms with Crippen LogP contribution in [0.15, 0.2) is 52.3 Å². The van der Waals surface area contributed by atoms with Gasteiger partial charge in [-0.25, -0.2) is 0 Å². The van der Waals surface area contributed by atoms with Crippen LogP contribution in [0.1, 0.15) is 0 Å². The summed E-state index contributed by atoms with van der Waals surface area (Å²) >= 11 is 1.56. The van der Waals surface area contributed by atoms with Crippen LogP contribution < -0.4 is 17.2 Å². The highest BCUT2D eigenvalue weighted by Gasteiger charge is 2.06. The lowest BCUT2D eigenvalue weighted by Gasteiger charge is -2.09. The van der Waals surface area contributed by atoms with E-state index in [0.29, 0.717) is 17.1 Å². The fourth-order valence-corrected chi connectivity index (χ4v) is 2.34. The van der Waals surface area contributed by atoms with E-state index in [1.165, 1.54) is 0 Å². The molecule has 0 aromatic heterocycles. The van der Waals surface area contributed by atoms with Crippen LogP contribution in [0.2, 0.25) is 0 Å². The smallest absolute Gasteiger partial charge is 0.0691 e. The summed E-state index contributed by atoms with van der Waals surface area (Å²) in [7, 11) is 0. The molecule has 3 nitrogen and oxygen atoms in total. The van der Waals surface area contributed by atoms with Gasteiger partial charge in [0, 0.05) is 15.5 Å². The molecule has 2 rings (SSSR count). The number of anilines is 3. The Labute approximate surface area is 98.6 Å². The number of benzene rings is 2. The van der Waals surface area contributed by atoms with E-state index in [0.717, 1.165) is 9.79 Å². The van der Waals surface area contributed by atoms with E-state index >= 15 is 0 Å². The third-order valence-electron chi connectivity index (χ3n) is 2.17. The molecule has 2 aromatic rings. The maximum Gasteiger partial charge on any atom is 0.0691 e. The van der Waals surface area contributed by atoms with Gasteiger partial charge >= 0.3 is 0 Å². The van der Waals surface area contributed by atoms with E-state index in [2.05, 4.69) is 0 Å². The van der Waals surface area contributed by atoms with Gasteiger partial charge in [0.1, 0.15) is 0 Å². The van der Waals surface area contributed by atoms with Crippen molar-refractivity contribution in [2.24, 2.45) is 0 Å². The van der Waals surface area contributed by atoms with E-state index in [9.17, 15) is 0 Å². The zero-order valence-corrected chi connectivity index (χ0v) is 9.50. The Morgan fingerprint density at radius 1 is 0.875 bits per heavy atom. The lowest BCUT2D eigenvalue weighted by Crippen LogP contribution is -1.98.